The van der Waals surface area contributed by atoms with Crippen molar-refractivity contribution in [3.63, 3.8) is 0 Å². The smallest absolute Gasteiger partial charge is 0.305 e. The van der Waals surface area contributed by atoms with E-state index in [-0.39, 0.29) is 25.5 Å². The molecule has 224 valence electrons. The van der Waals surface area contributed by atoms with Crippen molar-refractivity contribution in [1.29, 1.82) is 0 Å². The van der Waals surface area contributed by atoms with Crippen LogP contribution >= 0.6 is 7.37 Å². The molecule has 1 aliphatic rings. The average Bonchev–Trinajstić information content (AvgIpc) is 2.90. The Morgan fingerprint density at radius 1 is 0.895 bits per heavy atom. The Morgan fingerprint density at radius 2 is 1.55 bits per heavy atom. The lowest BCUT2D eigenvalue weighted by Gasteiger charge is -2.23. The maximum Gasteiger partial charge on any atom is 0.305 e. The van der Waals surface area contributed by atoms with Crippen LogP contribution in [0.25, 0.3) is 0 Å². The van der Waals surface area contributed by atoms with E-state index in [0.717, 1.165) is 51.6 Å². The molecule has 1 unspecified atom stereocenters. The van der Waals surface area contributed by atoms with Crippen molar-refractivity contribution in [3.05, 3.63) is 12.2 Å². The van der Waals surface area contributed by atoms with Crippen molar-refractivity contribution in [1.82, 2.24) is 0 Å². The predicted molar refractivity (Wildman–Crippen MR) is 155 cm³/mol. The van der Waals surface area contributed by atoms with Gasteiger partial charge < -0.3 is 23.5 Å². The van der Waals surface area contributed by atoms with Crippen LogP contribution in [0.3, 0.4) is 0 Å². The number of hydrogen-bond donors (Lipinski definition) is 0. The van der Waals surface area contributed by atoms with Gasteiger partial charge >= 0.3 is 5.97 Å². The molecule has 0 spiro atoms. The molecule has 0 aliphatic carbocycles. The Kier molecular flexibility index (Phi) is 22.4. The van der Waals surface area contributed by atoms with Gasteiger partial charge in [-0.05, 0) is 51.4 Å². The fourth-order valence-corrected chi connectivity index (χ4v) is 4.77. The summed E-state index contributed by atoms with van der Waals surface area (Å²) in [4.78, 5) is 12.2. The molecule has 38 heavy (non-hydrogen) atoms. The summed E-state index contributed by atoms with van der Waals surface area (Å²) < 4.78 is 39.8. The van der Waals surface area contributed by atoms with Crippen LogP contribution in [0.5, 0.6) is 0 Å². The van der Waals surface area contributed by atoms with Crippen molar-refractivity contribution >= 4 is 13.3 Å². The Morgan fingerprint density at radius 3 is 2.18 bits per heavy atom. The molecule has 1 heterocycles. The van der Waals surface area contributed by atoms with E-state index >= 15 is 0 Å². The van der Waals surface area contributed by atoms with Crippen LogP contribution in [0.15, 0.2) is 12.2 Å². The zero-order valence-corrected chi connectivity index (χ0v) is 25.6. The first-order chi connectivity index (χ1) is 18.4. The summed E-state index contributed by atoms with van der Waals surface area (Å²) >= 11 is 0. The van der Waals surface area contributed by atoms with Gasteiger partial charge in [0.25, 0.3) is 0 Å². The van der Waals surface area contributed by atoms with Crippen LogP contribution in [0.4, 0.5) is 0 Å². The first-order valence-corrected chi connectivity index (χ1v) is 17.8. The number of esters is 1. The standard InChI is InChI=1S/C30H57O7P/c1-4-5-6-7-8-9-10-11-12-13-14-15-16-17-18-21-29(31)36-26-28(27-37-38(2,3)32)33-24-25-35-30-22-19-20-23-34-30/h11-12,28,30H,4-10,13-27H2,1-3H3/t28-,30?/m1/s1. The number of carbonyl (C=O) groups is 1. The van der Waals surface area contributed by atoms with Crippen molar-refractivity contribution in [2.24, 2.45) is 0 Å². The normalized spacial score (nSPS) is 17.2. The molecule has 0 aromatic rings. The third kappa shape index (κ3) is 23.2. The second-order valence-corrected chi connectivity index (χ2v) is 13.5. The highest BCUT2D eigenvalue weighted by atomic mass is 31.2. The molecule has 0 N–H and O–H groups in total. The highest BCUT2D eigenvalue weighted by Gasteiger charge is 2.18. The van der Waals surface area contributed by atoms with Gasteiger partial charge in [-0.1, -0.05) is 70.4 Å². The van der Waals surface area contributed by atoms with Crippen molar-refractivity contribution in [2.75, 3.05) is 46.4 Å². The lowest BCUT2D eigenvalue weighted by atomic mass is 10.1. The van der Waals surface area contributed by atoms with Crippen LogP contribution in [-0.2, 0) is 32.8 Å². The van der Waals surface area contributed by atoms with Gasteiger partial charge in [0.05, 0.1) is 19.8 Å². The molecule has 0 bridgehead atoms. The molecular formula is C30H57O7P. The van der Waals surface area contributed by atoms with Gasteiger partial charge in [-0.25, -0.2) is 0 Å². The first kappa shape index (κ1) is 35.3. The largest absolute Gasteiger partial charge is 0.463 e. The lowest BCUT2D eigenvalue weighted by molar-refractivity contribution is -0.174. The molecule has 0 amide bonds. The Balaban J connectivity index is 2.06. The third-order valence-corrected chi connectivity index (χ3v) is 7.29. The molecular weight excluding hydrogens is 503 g/mol. The molecule has 2 atom stereocenters. The number of rotatable bonds is 25. The van der Waals surface area contributed by atoms with Gasteiger partial charge in [0, 0.05) is 26.4 Å². The van der Waals surface area contributed by atoms with Gasteiger partial charge in [-0.2, -0.15) is 0 Å². The Hall–Kier alpha value is -0.720. The van der Waals surface area contributed by atoms with E-state index in [4.69, 9.17) is 23.5 Å². The van der Waals surface area contributed by atoms with Crippen LogP contribution in [0.2, 0.25) is 0 Å². The predicted octanol–water partition coefficient (Wildman–Crippen LogP) is 8.05. The Bertz CT molecular complexity index is 628. The maximum absolute atomic E-state index is 12.2. The molecule has 0 radical (unpaired) electrons. The van der Waals surface area contributed by atoms with E-state index in [1.807, 2.05) is 0 Å². The zero-order chi connectivity index (χ0) is 27.7. The lowest BCUT2D eigenvalue weighted by Crippen LogP contribution is -2.29. The van der Waals surface area contributed by atoms with Crippen molar-refractivity contribution in [3.8, 4) is 0 Å². The number of ether oxygens (including phenoxy) is 4. The second kappa shape index (κ2) is 24.1. The minimum absolute atomic E-state index is 0.0871. The second-order valence-electron chi connectivity index (χ2n) is 10.7. The van der Waals surface area contributed by atoms with Gasteiger partial charge in [0.15, 0.2) is 13.7 Å². The molecule has 0 aromatic carbocycles. The van der Waals surface area contributed by atoms with E-state index in [1.54, 1.807) is 13.3 Å². The van der Waals surface area contributed by atoms with Gasteiger partial charge in [-0.15, -0.1) is 0 Å². The summed E-state index contributed by atoms with van der Waals surface area (Å²) in [5, 5.41) is 0. The average molecular weight is 561 g/mol. The number of allylic oxidation sites excluding steroid dienone is 2. The number of carbonyl (C=O) groups excluding carboxylic acids is 1. The Labute approximate surface area is 233 Å². The quantitative estimate of drug-likeness (QED) is 0.0483. The summed E-state index contributed by atoms with van der Waals surface area (Å²) in [5.74, 6) is -0.223. The summed E-state index contributed by atoms with van der Waals surface area (Å²) in [5.41, 5.74) is 0. The van der Waals surface area contributed by atoms with Crippen molar-refractivity contribution < 1.29 is 32.8 Å². The molecule has 1 aliphatic heterocycles. The topological polar surface area (TPSA) is 80.3 Å². The van der Waals surface area contributed by atoms with Crippen LogP contribution < -0.4 is 0 Å². The molecule has 1 fully saturated rings. The van der Waals surface area contributed by atoms with E-state index < -0.39 is 13.5 Å². The van der Waals surface area contributed by atoms with E-state index in [2.05, 4.69) is 19.1 Å². The van der Waals surface area contributed by atoms with E-state index in [1.165, 1.54) is 57.8 Å². The third-order valence-electron chi connectivity index (χ3n) is 6.52. The molecule has 1 saturated heterocycles. The highest BCUT2D eigenvalue weighted by Crippen LogP contribution is 2.37. The van der Waals surface area contributed by atoms with Crippen LogP contribution in [-0.4, -0.2) is 64.7 Å². The first-order valence-electron chi connectivity index (χ1n) is 15.3. The molecule has 0 saturated carbocycles. The molecule has 8 heteroatoms. The summed E-state index contributed by atoms with van der Waals surface area (Å²) in [6.45, 7) is 7.04. The number of unbranched alkanes of at least 4 members (excludes halogenated alkanes) is 11. The zero-order valence-electron chi connectivity index (χ0n) is 24.7. The SMILES string of the molecule is CCCCCCCCC=CCCCCCCCC(=O)OC[C@H](COP(C)(C)=O)OCCOC1CCCCO1. The van der Waals surface area contributed by atoms with Gasteiger partial charge in [0.2, 0.25) is 0 Å². The highest BCUT2D eigenvalue weighted by molar-refractivity contribution is 7.57. The fraction of sp³-hybridized carbons (Fsp3) is 0.900. The minimum Gasteiger partial charge on any atom is -0.463 e. The van der Waals surface area contributed by atoms with Crippen LogP contribution in [0, 0.1) is 0 Å². The van der Waals surface area contributed by atoms with E-state index in [9.17, 15) is 9.36 Å². The molecule has 7 nitrogen and oxygen atoms in total. The number of hydrogen-bond acceptors (Lipinski definition) is 7. The molecule has 1 rings (SSSR count). The van der Waals surface area contributed by atoms with Crippen molar-refractivity contribution in [2.45, 2.75) is 128 Å². The monoisotopic (exact) mass is 560 g/mol. The van der Waals surface area contributed by atoms with Gasteiger partial charge in [-0.3, -0.25) is 9.36 Å². The minimum atomic E-state index is -2.65. The summed E-state index contributed by atoms with van der Waals surface area (Å²) in [6.07, 6.45) is 23.5. The molecule has 0 aromatic heterocycles. The van der Waals surface area contributed by atoms with Crippen LogP contribution in [0.1, 0.15) is 116 Å². The maximum atomic E-state index is 12.2. The summed E-state index contributed by atoms with van der Waals surface area (Å²) in [7, 11) is -2.65. The van der Waals surface area contributed by atoms with Gasteiger partial charge in [0.1, 0.15) is 12.7 Å². The van der Waals surface area contributed by atoms with E-state index in [0.29, 0.717) is 19.6 Å². The fourth-order valence-electron chi connectivity index (χ4n) is 4.24. The summed E-state index contributed by atoms with van der Waals surface area (Å²) in [6, 6.07) is 0.